The summed E-state index contributed by atoms with van der Waals surface area (Å²) in [5.41, 5.74) is 2.03. The number of aliphatic hydroxyl groups excluding tert-OH is 1. The van der Waals surface area contributed by atoms with Crippen LogP contribution < -0.4 is 4.74 Å². The zero-order chi connectivity index (χ0) is 12.3. The minimum atomic E-state index is 0.0557. The number of hydrogen-bond donors (Lipinski definition) is 1. The van der Waals surface area contributed by atoms with Crippen LogP contribution in [0.4, 0.5) is 0 Å². The van der Waals surface area contributed by atoms with Crippen molar-refractivity contribution in [1.82, 2.24) is 0 Å². The van der Waals surface area contributed by atoms with E-state index in [1.807, 2.05) is 25.1 Å². The molecule has 0 amide bonds. The molecule has 94 valence electrons. The van der Waals surface area contributed by atoms with E-state index >= 15 is 0 Å². The van der Waals surface area contributed by atoms with Gasteiger partial charge in [-0.25, -0.2) is 0 Å². The third-order valence-corrected chi connectivity index (χ3v) is 3.71. The standard InChI is InChI=1S/C15H22O2/c1-11-6-8-14(9-7-11)17-15-12(2)4-3-5-13(15)10-16/h3-5,11,14,16H,6-10H2,1-2H3. The van der Waals surface area contributed by atoms with Crippen molar-refractivity contribution in [2.75, 3.05) is 0 Å². The van der Waals surface area contributed by atoms with Crippen LogP contribution in [0, 0.1) is 12.8 Å². The van der Waals surface area contributed by atoms with E-state index in [1.165, 1.54) is 12.8 Å². The Hall–Kier alpha value is -1.02. The molecule has 0 radical (unpaired) electrons. The van der Waals surface area contributed by atoms with E-state index in [2.05, 4.69) is 6.92 Å². The maximum Gasteiger partial charge on any atom is 0.128 e. The van der Waals surface area contributed by atoms with Crippen molar-refractivity contribution in [1.29, 1.82) is 0 Å². The van der Waals surface area contributed by atoms with Gasteiger partial charge in [-0.2, -0.15) is 0 Å². The van der Waals surface area contributed by atoms with E-state index in [9.17, 15) is 5.11 Å². The molecule has 1 N–H and O–H groups in total. The van der Waals surface area contributed by atoms with Gasteiger partial charge in [-0.05, 0) is 44.1 Å². The van der Waals surface area contributed by atoms with E-state index < -0.39 is 0 Å². The van der Waals surface area contributed by atoms with Crippen molar-refractivity contribution >= 4 is 0 Å². The maximum atomic E-state index is 9.33. The van der Waals surface area contributed by atoms with Crippen LogP contribution in [0.15, 0.2) is 18.2 Å². The van der Waals surface area contributed by atoms with Gasteiger partial charge in [0.05, 0.1) is 12.7 Å². The lowest BCUT2D eigenvalue weighted by molar-refractivity contribution is 0.131. The number of rotatable bonds is 3. The van der Waals surface area contributed by atoms with Crippen molar-refractivity contribution < 1.29 is 9.84 Å². The van der Waals surface area contributed by atoms with Crippen LogP contribution in [0.25, 0.3) is 0 Å². The quantitative estimate of drug-likeness (QED) is 0.868. The van der Waals surface area contributed by atoms with Gasteiger partial charge in [-0.1, -0.05) is 25.1 Å². The number of aliphatic hydroxyl groups is 1. The van der Waals surface area contributed by atoms with E-state index in [4.69, 9.17) is 4.74 Å². The third kappa shape index (κ3) is 3.01. The lowest BCUT2D eigenvalue weighted by Crippen LogP contribution is -2.23. The molecule has 0 aliphatic heterocycles. The molecular weight excluding hydrogens is 212 g/mol. The first-order chi connectivity index (χ1) is 8.20. The predicted octanol–water partition coefficient (Wildman–Crippen LogP) is 3.44. The van der Waals surface area contributed by atoms with Gasteiger partial charge in [0.25, 0.3) is 0 Å². The summed E-state index contributed by atoms with van der Waals surface area (Å²) in [5.74, 6) is 1.73. The van der Waals surface area contributed by atoms with Crippen molar-refractivity contribution in [2.45, 2.75) is 52.2 Å². The molecule has 1 aromatic carbocycles. The topological polar surface area (TPSA) is 29.5 Å². The highest BCUT2D eigenvalue weighted by Crippen LogP contribution is 2.30. The average molecular weight is 234 g/mol. The minimum Gasteiger partial charge on any atom is -0.490 e. The molecule has 0 unspecified atom stereocenters. The van der Waals surface area contributed by atoms with E-state index in [1.54, 1.807) is 0 Å². The van der Waals surface area contributed by atoms with Crippen LogP contribution >= 0.6 is 0 Å². The fraction of sp³-hybridized carbons (Fsp3) is 0.600. The summed E-state index contributed by atoms with van der Waals surface area (Å²) in [6.45, 7) is 4.41. The molecule has 0 aromatic heterocycles. The lowest BCUT2D eigenvalue weighted by Gasteiger charge is -2.28. The smallest absolute Gasteiger partial charge is 0.128 e. The van der Waals surface area contributed by atoms with Crippen LogP contribution in [-0.4, -0.2) is 11.2 Å². The molecule has 1 aliphatic rings. The summed E-state index contributed by atoms with van der Waals surface area (Å²) in [4.78, 5) is 0. The molecule has 1 aliphatic carbocycles. The van der Waals surface area contributed by atoms with Crippen LogP contribution in [-0.2, 0) is 6.61 Å². The van der Waals surface area contributed by atoms with Crippen LogP contribution in [0.2, 0.25) is 0 Å². The van der Waals surface area contributed by atoms with Gasteiger partial charge in [0.2, 0.25) is 0 Å². The molecular formula is C15H22O2. The molecule has 0 spiro atoms. The summed E-state index contributed by atoms with van der Waals surface area (Å²) in [5, 5.41) is 9.33. The highest BCUT2D eigenvalue weighted by molar-refractivity contribution is 5.40. The first-order valence-corrected chi connectivity index (χ1v) is 6.56. The van der Waals surface area contributed by atoms with Crippen molar-refractivity contribution in [3.8, 4) is 5.75 Å². The van der Waals surface area contributed by atoms with E-state index in [0.29, 0.717) is 6.10 Å². The second kappa shape index (κ2) is 5.54. The monoisotopic (exact) mass is 234 g/mol. The van der Waals surface area contributed by atoms with Gasteiger partial charge in [-0.3, -0.25) is 0 Å². The van der Waals surface area contributed by atoms with E-state index in [-0.39, 0.29) is 6.61 Å². The van der Waals surface area contributed by atoms with Crippen molar-refractivity contribution in [3.63, 3.8) is 0 Å². The molecule has 2 rings (SSSR count). The summed E-state index contributed by atoms with van der Waals surface area (Å²) in [7, 11) is 0. The van der Waals surface area contributed by atoms with Gasteiger partial charge in [0, 0.05) is 5.56 Å². The lowest BCUT2D eigenvalue weighted by atomic mass is 9.89. The number of aryl methyl sites for hydroxylation is 1. The van der Waals surface area contributed by atoms with Crippen molar-refractivity contribution in [2.24, 2.45) is 5.92 Å². The molecule has 17 heavy (non-hydrogen) atoms. The molecule has 0 heterocycles. The Morgan fingerprint density at radius 3 is 2.59 bits per heavy atom. The molecule has 2 nitrogen and oxygen atoms in total. The second-order valence-corrected chi connectivity index (χ2v) is 5.22. The Morgan fingerprint density at radius 1 is 1.24 bits per heavy atom. The van der Waals surface area contributed by atoms with Crippen LogP contribution in [0.3, 0.4) is 0 Å². The summed E-state index contributed by atoms with van der Waals surface area (Å²) < 4.78 is 6.10. The number of benzene rings is 1. The van der Waals surface area contributed by atoms with Gasteiger partial charge >= 0.3 is 0 Å². The van der Waals surface area contributed by atoms with Crippen LogP contribution in [0.1, 0.15) is 43.7 Å². The molecule has 0 atom stereocenters. The second-order valence-electron chi connectivity index (χ2n) is 5.22. The van der Waals surface area contributed by atoms with Crippen LogP contribution in [0.5, 0.6) is 5.75 Å². The maximum absolute atomic E-state index is 9.33. The summed E-state index contributed by atoms with van der Waals surface area (Å²) in [6.07, 6.45) is 5.12. The Balaban J connectivity index is 2.07. The highest BCUT2D eigenvalue weighted by Gasteiger charge is 2.20. The number of para-hydroxylation sites is 1. The molecule has 1 saturated carbocycles. The average Bonchev–Trinajstić information content (AvgIpc) is 2.34. The van der Waals surface area contributed by atoms with Gasteiger partial charge in [-0.15, -0.1) is 0 Å². The molecule has 2 heteroatoms. The Labute approximate surface area is 104 Å². The Morgan fingerprint density at radius 2 is 1.94 bits per heavy atom. The normalized spacial score (nSPS) is 24.6. The SMILES string of the molecule is Cc1cccc(CO)c1OC1CCC(C)CC1. The largest absolute Gasteiger partial charge is 0.490 e. The fourth-order valence-corrected chi connectivity index (χ4v) is 2.52. The summed E-state index contributed by atoms with van der Waals surface area (Å²) in [6, 6.07) is 5.95. The third-order valence-electron chi connectivity index (χ3n) is 3.71. The number of hydrogen-bond acceptors (Lipinski definition) is 2. The fourth-order valence-electron chi connectivity index (χ4n) is 2.52. The number of ether oxygens (including phenoxy) is 1. The zero-order valence-electron chi connectivity index (χ0n) is 10.8. The minimum absolute atomic E-state index is 0.0557. The first kappa shape index (κ1) is 12.4. The molecule has 0 saturated heterocycles. The van der Waals surface area contributed by atoms with Gasteiger partial charge < -0.3 is 9.84 Å². The molecule has 1 fully saturated rings. The first-order valence-electron chi connectivity index (χ1n) is 6.56. The van der Waals surface area contributed by atoms with Gasteiger partial charge in [0.15, 0.2) is 0 Å². The highest BCUT2D eigenvalue weighted by atomic mass is 16.5. The van der Waals surface area contributed by atoms with Gasteiger partial charge in [0.1, 0.15) is 5.75 Å². The summed E-state index contributed by atoms with van der Waals surface area (Å²) >= 11 is 0. The Bertz CT molecular complexity index is 365. The predicted molar refractivity (Wildman–Crippen MR) is 69.1 cm³/mol. The van der Waals surface area contributed by atoms with Crippen molar-refractivity contribution in [3.05, 3.63) is 29.3 Å². The Kier molecular flexibility index (Phi) is 4.06. The van der Waals surface area contributed by atoms with E-state index in [0.717, 1.165) is 35.6 Å². The zero-order valence-corrected chi connectivity index (χ0v) is 10.8. The molecule has 0 bridgehead atoms. The molecule has 1 aromatic rings.